The number of piperidine rings is 1. The van der Waals surface area contributed by atoms with Gasteiger partial charge < -0.3 is 4.90 Å². The van der Waals surface area contributed by atoms with Crippen LogP contribution >= 0.6 is 0 Å². The lowest BCUT2D eigenvalue weighted by Gasteiger charge is -2.32. The summed E-state index contributed by atoms with van der Waals surface area (Å²) in [4.78, 5) is 31.1. The number of carbonyl (C=O) groups excluding carboxylic acids is 1. The van der Waals surface area contributed by atoms with Crippen LogP contribution in [0, 0.1) is 0 Å². The van der Waals surface area contributed by atoms with Gasteiger partial charge in [0, 0.05) is 25.6 Å². The molecule has 0 radical (unpaired) electrons. The van der Waals surface area contributed by atoms with E-state index < -0.39 is 0 Å². The first-order chi connectivity index (χ1) is 13.2. The molecule has 4 rings (SSSR count). The Balaban J connectivity index is 1.55. The average Bonchev–Trinajstić information content (AvgIpc) is 3.37. The van der Waals surface area contributed by atoms with E-state index in [-0.39, 0.29) is 17.5 Å². The van der Waals surface area contributed by atoms with E-state index in [4.69, 9.17) is 0 Å². The van der Waals surface area contributed by atoms with Crippen molar-refractivity contribution in [2.45, 2.75) is 32.2 Å². The number of aromatic amines is 1. The average molecular weight is 368 g/mol. The highest BCUT2D eigenvalue weighted by Gasteiger charge is 2.29. The summed E-state index contributed by atoms with van der Waals surface area (Å²) in [5.41, 5.74) is 0.163. The molecule has 0 bridgehead atoms. The summed E-state index contributed by atoms with van der Waals surface area (Å²) in [5.74, 6) is 1.20. The van der Waals surface area contributed by atoms with Gasteiger partial charge in [0.1, 0.15) is 30.0 Å². The number of likely N-dealkylation sites (tertiary alicyclic amines) is 1. The molecule has 1 saturated heterocycles. The molecule has 140 valence electrons. The molecule has 0 spiro atoms. The van der Waals surface area contributed by atoms with Crippen LogP contribution < -0.4 is 5.69 Å². The van der Waals surface area contributed by atoms with Crippen LogP contribution in [-0.2, 0) is 6.54 Å². The van der Waals surface area contributed by atoms with Gasteiger partial charge in [0.05, 0.1) is 0 Å². The van der Waals surface area contributed by atoms with Crippen molar-refractivity contribution in [2.24, 2.45) is 0 Å². The van der Waals surface area contributed by atoms with Crippen LogP contribution in [0.1, 0.15) is 42.0 Å². The molecule has 0 saturated carbocycles. The summed E-state index contributed by atoms with van der Waals surface area (Å²) in [6, 6.07) is 5.29. The lowest BCUT2D eigenvalue weighted by Crippen LogP contribution is -2.40. The van der Waals surface area contributed by atoms with Gasteiger partial charge >= 0.3 is 5.69 Å². The van der Waals surface area contributed by atoms with Crippen LogP contribution in [0.5, 0.6) is 0 Å². The highest BCUT2D eigenvalue weighted by Crippen LogP contribution is 2.25. The van der Waals surface area contributed by atoms with Crippen molar-refractivity contribution in [1.82, 2.24) is 39.4 Å². The molecule has 1 aliphatic rings. The second-order valence-corrected chi connectivity index (χ2v) is 6.47. The zero-order valence-corrected chi connectivity index (χ0v) is 14.9. The minimum absolute atomic E-state index is 0.0302. The Morgan fingerprint density at radius 3 is 2.89 bits per heavy atom. The fourth-order valence-electron chi connectivity index (χ4n) is 3.49. The molecular weight excluding hydrogens is 348 g/mol. The van der Waals surface area contributed by atoms with Crippen molar-refractivity contribution in [3.63, 3.8) is 0 Å². The van der Waals surface area contributed by atoms with Crippen LogP contribution in [-0.4, -0.2) is 58.4 Å². The number of hydrogen-bond acceptors (Lipinski definition) is 6. The third kappa shape index (κ3) is 3.25. The summed E-state index contributed by atoms with van der Waals surface area (Å²) in [6.45, 7) is 3.64. The van der Waals surface area contributed by atoms with E-state index in [9.17, 15) is 9.59 Å². The SMILES string of the molecule is CCn1c([C@@H]2CCCN(C(=O)c3cccc(-n4cnnc4)n3)C2)n[nH]c1=O. The van der Waals surface area contributed by atoms with E-state index >= 15 is 0 Å². The molecule has 27 heavy (non-hydrogen) atoms. The fraction of sp³-hybridized carbons (Fsp3) is 0.412. The van der Waals surface area contributed by atoms with Gasteiger partial charge in [0.15, 0.2) is 0 Å². The molecule has 1 fully saturated rings. The van der Waals surface area contributed by atoms with Gasteiger partial charge in [-0.15, -0.1) is 10.2 Å². The normalized spacial score (nSPS) is 17.2. The number of hydrogen-bond donors (Lipinski definition) is 1. The minimum atomic E-state index is -0.209. The smallest absolute Gasteiger partial charge is 0.337 e. The Labute approximate surface area is 154 Å². The topological polar surface area (TPSA) is 115 Å². The maximum absolute atomic E-state index is 13.0. The maximum atomic E-state index is 13.0. The second-order valence-electron chi connectivity index (χ2n) is 6.47. The highest BCUT2D eigenvalue weighted by molar-refractivity contribution is 5.92. The molecule has 3 aromatic heterocycles. The predicted molar refractivity (Wildman–Crippen MR) is 95.6 cm³/mol. The summed E-state index contributed by atoms with van der Waals surface area (Å²) in [7, 11) is 0. The monoisotopic (exact) mass is 368 g/mol. The van der Waals surface area contributed by atoms with E-state index in [1.807, 2.05) is 6.92 Å². The van der Waals surface area contributed by atoms with E-state index in [0.29, 0.717) is 37.0 Å². The van der Waals surface area contributed by atoms with Gasteiger partial charge in [-0.25, -0.2) is 14.9 Å². The number of amides is 1. The lowest BCUT2D eigenvalue weighted by atomic mass is 9.96. The van der Waals surface area contributed by atoms with Gasteiger partial charge in [-0.1, -0.05) is 6.07 Å². The number of nitrogens with one attached hydrogen (secondary N) is 1. The van der Waals surface area contributed by atoms with E-state index in [0.717, 1.165) is 12.8 Å². The highest BCUT2D eigenvalue weighted by atomic mass is 16.2. The van der Waals surface area contributed by atoms with Crippen LogP contribution in [0.3, 0.4) is 0 Å². The first-order valence-electron chi connectivity index (χ1n) is 8.93. The van der Waals surface area contributed by atoms with Crippen molar-refractivity contribution in [3.8, 4) is 5.82 Å². The Morgan fingerprint density at radius 1 is 1.30 bits per heavy atom. The number of aromatic nitrogens is 7. The summed E-state index contributed by atoms with van der Waals surface area (Å²) in [6.07, 6.45) is 4.82. The third-order valence-corrected chi connectivity index (χ3v) is 4.81. The van der Waals surface area contributed by atoms with Gasteiger partial charge in [0.25, 0.3) is 5.91 Å². The lowest BCUT2D eigenvalue weighted by molar-refractivity contribution is 0.0697. The first kappa shape index (κ1) is 17.1. The van der Waals surface area contributed by atoms with Crippen molar-refractivity contribution in [2.75, 3.05) is 13.1 Å². The largest absolute Gasteiger partial charge is 0.343 e. The third-order valence-electron chi connectivity index (χ3n) is 4.81. The van der Waals surface area contributed by atoms with Crippen LogP contribution in [0.25, 0.3) is 5.82 Å². The number of nitrogens with zero attached hydrogens (tertiary/aromatic N) is 7. The second kappa shape index (κ2) is 7.14. The molecule has 1 amide bonds. The molecule has 1 atom stereocenters. The predicted octanol–water partition coefficient (Wildman–Crippen LogP) is 0.587. The van der Waals surface area contributed by atoms with E-state index in [2.05, 4.69) is 25.4 Å². The van der Waals surface area contributed by atoms with Gasteiger partial charge in [-0.3, -0.25) is 13.9 Å². The van der Waals surface area contributed by atoms with Crippen molar-refractivity contribution in [3.05, 3.63) is 52.9 Å². The van der Waals surface area contributed by atoms with Gasteiger partial charge in [-0.2, -0.15) is 5.10 Å². The quantitative estimate of drug-likeness (QED) is 0.721. The molecule has 3 aromatic rings. The van der Waals surface area contributed by atoms with Crippen LogP contribution in [0.2, 0.25) is 0 Å². The van der Waals surface area contributed by atoms with Crippen molar-refractivity contribution in [1.29, 1.82) is 0 Å². The van der Waals surface area contributed by atoms with Crippen LogP contribution in [0.15, 0.2) is 35.6 Å². The first-order valence-corrected chi connectivity index (χ1v) is 8.93. The molecule has 1 N–H and O–H groups in total. The fourth-order valence-corrected chi connectivity index (χ4v) is 3.49. The molecule has 10 heteroatoms. The number of pyridine rings is 1. The molecular formula is C17H20N8O2. The molecule has 0 unspecified atom stereocenters. The zero-order chi connectivity index (χ0) is 18.8. The Morgan fingerprint density at radius 2 is 2.11 bits per heavy atom. The maximum Gasteiger partial charge on any atom is 0.343 e. The summed E-state index contributed by atoms with van der Waals surface area (Å²) < 4.78 is 3.28. The van der Waals surface area contributed by atoms with E-state index in [1.165, 1.54) is 12.7 Å². The standard InChI is InChI=1S/C17H20N8O2/c1-2-25-15(21-22-17(25)27)12-5-4-8-23(9-12)16(26)13-6-3-7-14(20-13)24-10-18-19-11-24/h3,6-7,10-12H,2,4-5,8-9H2,1H3,(H,22,27)/t12-/m1/s1. The number of rotatable bonds is 4. The van der Waals surface area contributed by atoms with Crippen molar-refractivity contribution < 1.29 is 4.79 Å². The Kier molecular flexibility index (Phi) is 4.53. The Bertz CT molecular complexity index is 991. The molecule has 0 aliphatic carbocycles. The van der Waals surface area contributed by atoms with Crippen LogP contribution in [0.4, 0.5) is 0 Å². The Hall–Kier alpha value is -3.30. The van der Waals surface area contributed by atoms with Gasteiger partial charge in [-0.05, 0) is 31.9 Å². The minimum Gasteiger partial charge on any atom is -0.337 e. The summed E-state index contributed by atoms with van der Waals surface area (Å²) >= 11 is 0. The molecule has 4 heterocycles. The van der Waals surface area contributed by atoms with E-state index in [1.54, 1.807) is 32.2 Å². The van der Waals surface area contributed by atoms with Crippen molar-refractivity contribution >= 4 is 5.91 Å². The van der Waals surface area contributed by atoms with Gasteiger partial charge in [0.2, 0.25) is 0 Å². The number of H-pyrrole nitrogens is 1. The zero-order valence-electron chi connectivity index (χ0n) is 14.9. The summed E-state index contributed by atoms with van der Waals surface area (Å²) in [5, 5.41) is 14.2. The molecule has 10 nitrogen and oxygen atoms in total. The number of carbonyl (C=O) groups is 1. The molecule has 1 aliphatic heterocycles. The molecule has 0 aromatic carbocycles.